The standard InChI is InChI=1S/C17H26N4O2/c1-17(2,3)14-6-7-15(21-20-14)19-16(22)18-12-8-9-23-13(10-12)11-4-5-11/h6-7,11-13H,4-5,8-10H2,1-3H3,(H2,18,19,21,22)/t12-,13-/m0/s1. The fourth-order valence-corrected chi connectivity index (χ4v) is 2.89. The van der Waals surface area contributed by atoms with Gasteiger partial charge in [0.05, 0.1) is 11.8 Å². The zero-order chi connectivity index (χ0) is 16.4. The van der Waals surface area contributed by atoms with Crippen molar-refractivity contribution in [3.8, 4) is 0 Å². The van der Waals surface area contributed by atoms with E-state index in [1.165, 1.54) is 12.8 Å². The molecule has 3 rings (SSSR count). The molecule has 6 nitrogen and oxygen atoms in total. The summed E-state index contributed by atoms with van der Waals surface area (Å²) in [5.41, 5.74) is 0.855. The van der Waals surface area contributed by atoms with Crippen molar-refractivity contribution in [3.63, 3.8) is 0 Å². The van der Waals surface area contributed by atoms with Crippen LogP contribution in [0, 0.1) is 5.92 Å². The predicted molar refractivity (Wildman–Crippen MR) is 88.4 cm³/mol. The van der Waals surface area contributed by atoms with Crippen molar-refractivity contribution in [2.75, 3.05) is 11.9 Å². The smallest absolute Gasteiger partial charge is 0.320 e. The van der Waals surface area contributed by atoms with Crippen LogP contribution in [-0.2, 0) is 10.2 Å². The summed E-state index contributed by atoms with van der Waals surface area (Å²) in [6.07, 6.45) is 4.62. The summed E-state index contributed by atoms with van der Waals surface area (Å²) in [5.74, 6) is 1.18. The van der Waals surface area contributed by atoms with Gasteiger partial charge in [0.1, 0.15) is 0 Å². The molecule has 126 valence electrons. The van der Waals surface area contributed by atoms with Gasteiger partial charge in [-0.25, -0.2) is 4.79 Å². The Bertz CT molecular complexity index is 549. The number of anilines is 1. The van der Waals surface area contributed by atoms with E-state index in [2.05, 4.69) is 41.6 Å². The SMILES string of the molecule is CC(C)(C)c1ccc(NC(=O)N[C@H]2CCO[C@H](C3CC3)C2)nn1. The Hall–Kier alpha value is -1.69. The summed E-state index contributed by atoms with van der Waals surface area (Å²) in [7, 11) is 0. The van der Waals surface area contributed by atoms with Crippen molar-refractivity contribution in [3.05, 3.63) is 17.8 Å². The topological polar surface area (TPSA) is 76.1 Å². The average Bonchev–Trinajstić information content (AvgIpc) is 3.31. The second kappa shape index (κ2) is 6.43. The molecule has 2 heterocycles. The van der Waals surface area contributed by atoms with Gasteiger partial charge in [0, 0.05) is 18.1 Å². The van der Waals surface area contributed by atoms with Gasteiger partial charge in [-0.05, 0) is 43.7 Å². The quantitative estimate of drug-likeness (QED) is 0.898. The minimum Gasteiger partial charge on any atom is -0.378 e. The summed E-state index contributed by atoms with van der Waals surface area (Å²) >= 11 is 0. The lowest BCUT2D eigenvalue weighted by atomic mass is 9.92. The van der Waals surface area contributed by atoms with Crippen LogP contribution < -0.4 is 10.6 Å². The molecule has 1 saturated heterocycles. The summed E-state index contributed by atoms with van der Waals surface area (Å²) in [5, 5.41) is 14.1. The third kappa shape index (κ3) is 4.41. The first-order chi connectivity index (χ1) is 10.9. The van der Waals surface area contributed by atoms with Crippen LogP contribution in [0.1, 0.15) is 52.1 Å². The van der Waals surface area contributed by atoms with E-state index >= 15 is 0 Å². The van der Waals surface area contributed by atoms with Gasteiger partial charge in [-0.2, -0.15) is 5.10 Å². The second-order valence-corrected chi connectivity index (χ2v) is 7.62. The molecule has 2 fully saturated rings. The number of rotatable bonds is 3. The normalized spacial score (nSPS) is 25.0. The van der Waals surface area contributed by atoms with Crippen molar-refractivity contribution < 1.29 is 9.53 Å². The Balaban J connectivity index is 1.50. The molecule has 6 heteroatoms. The van der Waals surface area contributed by atoms with Crippen LogP contribution in [-0.4, -0.2) is 35.0 Å². The van der Waals surface area contributed by atoms with Gasteiger partial charge in [-0.3, -0.25) is 5.32 Å². The maximum absolute atomic E-state index is 12.1. The molecule has 1 aliphatic heterocycles. The zero-order valence-corrected chi connectivity index (χ0v) is 14.1. The minimum atomic E-state index is -0.218. The van der Waals surface area contributed by atoms with Crippen LogP contribution in [0.2, 0.25) is 0 Å². The van der Waals surface area contributed by atoms with Crippen LogP contribution in [0.5, 0.6) is 0 Å². The zero-order valence-electron chi connectivity index (χ0n) is 14.1. The van der Waals surface area contributed by atoms with Gasteiger partial charge in [-0.15, -0.1) is 5.10 Å². The molecule has 23 heavy (non-hydrogen) atoms. The number of amides is 2. The van der Waals surface area contributed by atoms with Crippen LogP contribution in [0.25, 0.3) is 0 Å². The van der Waals surface area contributed by atoms with Crippen molar-refractivity contribution in [2.24, 2.45) is 5.92 Å². The minimum absolute atomic E-state index is 0.0479. The molecule has 2 N–H and O–H groups in total. The van der Waals surface area contributed by atoms with E-state index in [0.717, 1.165) is 25.1 Å². The Morgan fingerprint density at radius 2 is 2.00 bits per heavy atom. The molecule has 0 spiro atoms. The van der Waals surface area contributed by atoms with E-state index in [4.69, 9.17) is 4.74 Å². The van der Waals surface area contributed by atoms with E-state index in [1.807, 2.05) is 6.07 Å². The fourth-order valence-electron chi connectivity index (χ4n) is 2.89. The van der Waals surface area contributed by atoms with Crippen LogP contribution in [0.4, 0.5) is 10.6 Å². The van der Waals surface area contributed by atoms with E-state index in [-0.39, 0.29) is 17.5 Å². The molecule has 0 unspecified atom stereocenters. The van der Waals surface area contributed by atoms with E-state index in [0.29, 0.717) is 17.8 Å². The third-order valence-corrected chi connectivity index (χ3v) is 4.47. The van der Waals surface area contributed by atoms with Crippen LogP contribution >= 0.6 is 0 Å². The number of hydrogen-bond acceptors (Lipinski definition) is 4. The molecule has 1 aliphatic carbocycles. The van der Waals surface area contributed by atoms with E-state index < -0.39 is 0 Å². The highest BCUT2D eigenvalue weighted by atomic mass is 16.5. The average molecular weight is 318 g/mol. The molecule has 2 aliphatic rings. The maximum Gasteiger partial charge on any atom is 0.320 e. The molecule has 1 saturated carbocycles. The van der Waals surface area contributed by atoms with Crippen molar-refractivity contribution in [1.29, 1.82) is 0 Å². The number of carbonyl (C=O) groups excluding carboxylic acids is 1. The molecule has 2 atom stereocenters. The monoisotopic (exact) mass is 318 g/mol. The van der Waals surface area contributed by atoms with Gasteiger partial charge in [-0.1, -0.05) is 20.8 Å². The molecular weight excluding hydrogens is 292 g/mol. The Morgan fingerprint density at radius 1 is 1.22 bits per heavy atom. The number of urea groups is 1. The number of ether oxygens (including phenoxy) is 1. The van der Waals surface area contributed by atoms with Crippen molar-refractivity contribution in [1.82, 2.24) is 15.5 Å². The summed E-state index contributed by atoms with van der Waals surface area (Å²) in [4.78, 5) is 12.1. The largest absolute Gasteiger partial charge is 0.378 e. The van der Waals surface area contributed by atoms with Gasteiger partial charge in [0.2, 0.25) is 0 Å². The molecule has 0 bridgehead atoms. The number of aromatic nitrogens is 2. The van der Waals surface area contributed by atoms with Crippen LogP contribution in [0.15, 0.2) is 12.1 Å². The van der Waals surface area contributed by atoms with Crippen molar-refractivity contribution in [2.45, 2.75) is 64.0 Å². The fraction of sp³-hybridized carbons (Fsp3) is 0.706. The lowest BCUT2D eigenvalue weighted by molar-refractivity contribution is -0.00889. The van der Waals surface area contributed by atoms with Gasteiger partial charge >= 0.3 is 6.03 Å². The number of nitrogens with one attached hydrogen (secondary N) is 2. The molecule has 0 aromatic carbocycles. The molecule has 1 aromatic heterocycles. The van der Waals surface area contributed by atoms with Crippen LogP contribution in [0.3, 0.4) is 0 Å². The molecular formula is C17H26N4O2. The first kappa shape index (κ1) is 16.2. The third-order valence-electron chi connectivity index (χ3n) is 4.47. The maximum atomic E-state index is 12.1. The first-order valence-corrected chi connectivity index (χ1v) is 8.45. The Kier molecular flexibility index (Phi) is 4.53. The van der Waals surface area contributed by atoms with Gasteiger partial charge in [0.15, 0.2) is 5.82 Å². The highest BCUT2D eigenvalue weighted by molar-refractivity contribution is 5.88. The van der Waals surface area contributed by atoms with Gasteiger partial charge < -0.3 is 10.1 Å². The number of hydrogen-bond donors (Lipinski definition) is 2. The Labute approximate surface area is 137 Å². The molecule has 0 radical (unpaired) electrons. The highest BCUT2D eigenvalue weighted by Crippen LogP contribution is 2.38. The van der Waals surface area contributed by atoms with E-state index in [1.54, 1.807) is 6.07 Å². The van der Waals surface area contributed by atoms with E-state index in [9.17, 15) is 4.79 Å². The summed E-state index contributed by atoms with van der Waals surface area (Å²) in [6.45, 7) is 6.97. The summed E-state index contributed by atoms with van der Waals surface area (Å²) < 4.78 is 5.78. The predicted octanol–water partition coefficient (Wildman–Crippen LogP) is 2.85. The highest BCUT2D eigenvalue weighted by Gasteiger charge is 2.36. The van der Waals surface area contributed by atoms with Gasteiger partial charge in [0.25, 0.3) is 0 Å². The number of carbonyl (C=O) groups is 1. The lowest BCUT2D eigenvalue weighted by Gasteiger charge is -2.30. The van der Waals surface area contributed by atoms with Crippen molar-refractivity contribution >= 4 is 11.8 Å². The lowest BCUT2D eigenvalue weighted by Crippen LogP contribution is -2.44. The second-order valence-electron chi connectivity index (χ2n) is 7.62. The first-order valence-electron chi connectivity index (χ1n) is 8.45. The molecule has 2 amide bonds. The summed E-state index contributed by atoms with van der Waals surface area (Å²) in [6, 6.07) is 3.66. The molecule has 1 aromatic rings. The number of nitrogens with zero attached hydrogens (tertiary/aromatic N) is 2. The Morgan fingerprint density at radius 3 is 2.61 bits per heavy atom.